The summed E-state index contributed by atoms with van der Waals surface area (Å²) in [5.41, 5.74) is 1.84. The Bertz CT molecular complexity index is 1670. The van der Waals surface area contributed by atoms with Gasteiger partial charge in [-0.05, 0) is 52.9 Å². The summed E-state index contributed by atoms with van der Waals surface area (Å²) in [5, 5.41) is 13.3. The second-order valence-corrected chi connectivity index (χ2v) is 11.6. The van der Waals surface area contributed by atoms with Crippen LogP contribution < -0.4 is 16.2 Å². The lowest BCUT2D eigenvalue weighted by atomic mass is 10.0. The summed E-state index contributed by atoms with van der Waals surface area (Å²) in [6.07, 6.45) is -0.475. The minimum absolute atomic E-state index is 0.0454. The number of alkyl halides is 3. The zero-order valence-electron chi connectivity index (χ0n) is 21.3. The van der Waals surface area contributed by atoms with Gasteiger partial charge in [0.25, 0.3) is 0 Å². The summed E-state index contributed by atoms with van der Waals surface area (Å²) < 4.78 is 56.8. The molecule has 1 heterocycles. The van der Waals surface area contributed by atoms with E-state index in [1.54, 1.807) is 30.6 Å². The van der Waals surface area contributed by atoms with E-state index in [1.807, 2.05) is 48.5 Å². The van der Waals surface area contributed by atoms with Crippen molar-refractivity contribution in [2.45, 2.75) is 23.7 Å². The van der Waals surface area contributed by atoms with Crippen molar-refractivity contribution in [3.63, 3.8) is 0 Å². The summed E-state index contributed by atoms with van der Waals surface area (Å²) in [6, 6.07) is 20.6. The van der Waals surface area contributed by atoms with Gasteiger partial charge in [0, 0.05) is 35.1 Å². The maximum absolute atomic E-state index is 13.5. The quantitative estimate of drug-likeness (QED) is 0.191. The molecule has 0 aliphatic heterocycles. The molecule has 4 aromatic rings. The van der Waals surface area contributed by atoms with E-state index in [0.717, 1.165) is 21.5 Å². The molecule has 0 saturated heterocycles. The Morgan fingerprint density at radius 2 is 1.73 bits per heavy atom. The highest BCUT2D eigenvalue weighted by molar-refractivity contribution is 9.10. The van der Waals surface area contributed by atoms with Crippen LogP contribution in [0, 0.1) is 0 Å². The number of aromatic nitrogens is 1. The maximum atomic E-state index is 13.5. The monoisotopic (exact) mass is 652 g/mol. The second-order valence-electron chi connectivity index (χ2n) is 8.67. The van der Waals surface area contributed by atoms with Gasteiger partial charge in [0.1, 0.15) is 6.04 Å². The molecule has 0 radical (unpaired) electrons. The van der Waals surface area contributed by atoms with Crippen molar-refractivity contribution in [1.82, 2.24) is 10.3 Å². The number of hydrazine groups is 1. The number of nitrogens with zero attached hydrogens (tertiary/aromatic N) is 2. The molecule has 4 N–H and O–H groups in total. The molecule has 1 atom stereocenters. The minimum Gasteiger partial charge on any atom is -0.475 e. The van der Waals surface area contributed by atoms with Gasteiger partial charge < -0.3 is 10.4 Å². The number of carbonyl (C=O) groups is 2. The summed E-state index contributed by atoms with van der Waals surface area (Å²) in [4.78, 5) is 26.7. The number of amides is 1. The van der Waals surface area contributed by atoms with Crippen LogP contribution in [0.25, 0.3) is 10.8 Å². The van der Waals surface area contributed by atoms with Gasteiger partial charge in [0.2, 0.25) is 5.91 Å². The molecule has 216 valence electrons. The number of nitrogens with two attached hydrogens (primary N) is 1. The summed E-state index contributed by atoms with van der Waals surface area (Å²) in [5.74, 6) is 3.41. The molecular weight excluding hydrogens is 629 g/mol. The molecule has 3 aromatic carbocycles. The van der Waals surface area contributed by atoms with Crippen LogP contribution in [0.4, 0.5) is 18.9 Å². The standard InChI is InChI=1S/C25H23BrN4O3S.C2HF3O2/c1-34(32,33)23-8-3-2-5-20(23)16-29-25(31)24(18-6-4-7-21(26)13-18)30(27)22-10-9-19-15-28-12-11-17(19)14-22;3-2(4,5)1(6)7/h2-15,24H,16,27H2,1H3,(H,29,31);(H,6,7). The second kappa shape index (κ2) is 13.1. The molecule has 0 bridgehead atoms. The zero-order chi connectivity index (χ0) is 30.4. The van der Waals surface area contributed by atoms with Gasteiger partial charge in [0.15, 0.2) is 9.84 Å². The lowest BCUT2D eigenvalue weighted by Crippen LogP contribution is -2.44. The average Bonchev–Trinajstić information content (AvgIpc) is 2.91. The number of carboxylic acid groups (broad SMARTS) is 1. The van der Waals surface area contributed by atoms with E-state index in [-0.39, 0.29) is 17.3 Å². The predicted molar refractivity (Wildman–Crippen MR) is 150 cm³/mol. The normalized spacial score (nSPS) is 12.1. The number of sulfone groups is 1. The molecule has 0 saturated carbocycles. The van der Waals surface area contributed by atoms with Crippen molar-refractivity contribution in [2.24, 2.45) is 5.84 Å². The first-order chi connectivity index (χ1) is 19.2. The lowest BCUT2D eigenvalue weighted by molar-refractivity contribution is -0.192. The molecule has 0 spiro atoms. The highest BCUT2D eigenvalue weighted by Gasteiger charge is 2.38. The van der Waals surface area contributed by atoms with Crippen LogP contribution >= 0.6 is 15.9 Å². The Hall–Kier alpha value is -4.01. The Morgan fingerprint density at radius 1 is 1.05 bits per heavy atom. The number of nitrogens with one attached hydrogen (secondary N) is 1. The smallest absolute Gasteiger partial charge is 0.475 e. The van der Waals surface area contributed by atoms with Crippen molar-refractivity contribution < 1.29 is 36.3 Å². The van der Waals surface area contributed by atoms with E-state index >= 15 is 0 Å². The van der Waals surface area contributed by atoms with Crippen LogP contribution in [0.1, 0.15) is 17.2 Å². The van der Waals surface area contributed by atoms with Crippen molar-refractivity contribution in [2.75, 3.05) is 11.3 Å². The molecule has 0 fully saturated rings. The number of benzene rings is 3. The van der Waals surface area contributed by atoms with Gasteiger partial charge >= 0.3 is 12.1 Å². The Kier molecular flexibility index (Phi) is 10.1. The number of hydrogen-bond donors (Lipinski definition) is 3. The number of carbonyl (C=O) groups excluding carboxylic acids is 1. The summed E-state index contributed by atoms with van der Waals surface area (Å²) in [7, 11) is -3.44. The first-order valence-corrected chi connectivity index (χ1v) is 14.4. The number of pyridine rings is 1. The molecule has 9 nitrogen and oxygen atoms in total. The number of fused-ring (bicyclic) bond motifs is 1. The third-order valence-corrected chi connectivity index (χ3v) is 7.37. The van der Waals surface area contributed by atoms with Crippen LogP contribution in [-0.2, 0) is 26.0 Å². The Labute approximate surface area is 241 Å². The molecule has 1 aromatic heterocycles. The third kappa shape index (κ3) is 8.49. The van der Waals surface area contributed by atoms with Gasteiger partial charge in [-0.15, -0.1) is 0 Å². The van der Waals surface area contributed by atoms with Gasteiger partial charge in [-0.1, -0.05) is 52.3 Å². The van der Waals surface area contributed by atoms with Crippen molar-refractivity contribution in [1.29, 1.82) is 0 Å². The van der Waals surface area contributed by atoms with E-state index in [4.69, 9.17) is 15.7 Å². The molecule has 1 amide bonds. The van der Waals surface area contributed by atoms with Crippen molar-refractivity contribution in [3.8, 4) is 0 Å². The first kappa shape index (κ1) is 31.5. The first-order valence-electron chi connectivity index (χ1n) is 11.7. The Morgan fingerprint density at radius 3 is 2.37 bits per heavy atom. The molecule has 0 aliphatic carbocycles. The van der Waals surface area contributed by atoms with Crippen LogP contribution in [0.15, 0.2) is 94.6 Å². The number of aliphatic carboxylic acids is 1. The molecular formula is C27H24BrF3N4O5S. The van der Waals surface area contributed by atoms with Crippen molar-refractivity contribution >= 4 is 54.1 Å². The fraction of sp³-hybridized carbons (Fsp3) is 0.148. The fourth-order valence-electron chi connectivity index (χ4n) is 3.79. The van der Waals surface area contributed by atoms with Gasteiger partial charge in [-0.3, -0.25) is 14.8 Å². The number of rotatable bonds is 7. The number of anilines is 1. The predicted octanol–water partition coefficient (Wildman–Crippen LogP) is 4.77. The molecule has 1 unspecified atom stereocenters. The molecule has 41 heavy (non-hydrogen) atoms. The highest BCUT2D eigenvalue weighted by Crippen LogP contribution is 2.29. The van der Waals surface area contributed by atoms with E-state index < -0.39 is 28.0 Å². The van der Waals surface area contributed by atoms with Gasteiger partial charge in [0.05, 0.1) is 10.6 Å². The minimum atomic E-state index is -5.08. The maximum Gasteiger partial charge on any atom is 0.490 e. The summed E-state index contributed by atoms with van der Waals surface area (Å²) in [6.45, 7) is 0.0454. The largest absolute Gasteiger partial charge is 0.490 e. The van der Waals surface area contributed by atoms with Crippen LogP contribution in [0.3, 0.4) is 0 Å². The van der Waals surface area contributed by atoms with Gasteiger partial charge in [-0.2, -0.15) is 13.2 Å². The SMILES string of the molecule is CS(=O)(=O)c1ccccc1CNC(=O)C(c1cccc(Br)c1)N(N)c1ccc2cnccc2c1.O=C(O)C(F)(F)F. The third-order valence-electron chi connectivity index (χ3n) is 5.68. The average molecular weight is 653 g/mol. The summed E-state index contributed by atoms with van der Waals surface area (Å²) >= 11 is 3.46. The van der Waals surface area contributed by atoms with E-state index in [0.29, 0.717) is 16.8 Å². The van der Waals surface area contributed by atoms with Crippen LogP contribution in [-0.4, -0.2) is 42.8 Å². The van der Waals surface area contributed by atoms with Crippen LogP contribution in [0.2, 0.25) is 0 Å². The molecule has 14 heteroatoms. The lowest BCUT2D eigenvalue weighted by Gasteiger charge is -2.29. The zero-order valence-corrected chi connectivity index (χ0v) is 23.7. The number of carboxylic acids is 1. The Balaban J connectivity index is 0.000000587. The molecule has 0 aliphatic rings. The highest BCUT2D eigenvalue weighted by atomic mass is 79.9. The van der Waals surface area contributed by atoms with Crippen LogP contribution in [0.5, 0.6) is 0 Å². The molecule has 4 rings (SSSR count). The van der Waals surface area contributed by atoms with E-state index in [9.17, 15) is 26.4 Å². The number of halogens is 4. The van der Waals surface area contributed by atoms with Gasteiger partial charge in [-0.25, -0.2) is 19.1 Å². The van der Waals surface area contributed by atoms with E-state index in [2.05, 4.69) is 26.2 Å². The van der Waals surface area contributed by atoms with Crippen molar-refractivity contribution in [3.05, 3.63) is 101 Å². The fourth-order valence-corrected chi connectivity index (χ4v) is 5.15. The number of hydrogen-bond acceptors (Lipinski definition) is 7. The topological polar surface area (TPSA) is 143 Å². The van der Waals surface area contributed by atoms with E-state index in [1.165, 1.54) is 11.1 Å².